The third-order valence-electron chi connectivity index (χ3n) is 7.60. The number of ether oxygens (including phenoxy) is 5. The Morgan fingerprint density at radius 2 is 1.70 bits per heavy atom. The molecule has 0 unspecified atom stereocenters. The van der Waals surface area contributed by atoms with Gasteiger partial charge in [-0.15, -0.1) is 0 Å². The summed E-state index contributed by atoms with van der Waals surface area (Å²) in [4.78, 5) is 19.1. The first kappa shape index (κ1) is 32.3. The molecule has 3 aromatic carbocycles. The van der Waals surface area contributed by atoms with Gasteiger partial charge in [-0.1, -0.05) is 6.42 Å². The van der Waals surface area contributed by atoms with Crippen LogP contribution in [0.4, 0.5) is 14.9 Å². The monoisotopic (exact) mass is 631 g/mol. The zero-order valence-electron chi connectivity index (χ0n) is 26.2. The van der Waals surface area contributed by atoms with Crippen molar-refractivity contribution in [2.24, 2.45) is 10.8 Å². The van der Waals surface area contributed by atoms with Crippen LogP contribution >= 0.6 is 0 Å². The normalized spacial score (nSPS) is 13.5. The summed E-state index contributed by atoms with van der Waals surface area (Å²) in [5.41, 5.74) is 6.86. The summed E-state index contributed by atoms with van der Waals surface area (Å²) in [5, 5.41) is 5.76. The van der Waals surface area contributed by atoms with Gasteiger partial charge in [0.05, 0.1) is 45.4 Å². The molecule has 2 N–H and O–H groups in total. The third kappa shape index (κ3) is 7.94. The number of pyridine rings is 1. The molecular formula is C34H38FN5O6. The fraction of sp³-hybridized carbons (Fsp3) is 0.324. The molecular weight excluding hydrogens is 593 g/mol. The number of nitrogens with two attached hydrogens (primary N) is 1. The van der Waals surface area contributed by atoms with Gasteiger partial charge >= 0.3 is 6.03 Å². The predicted molar refractivity (Wildman–Crippen MR) is 174 cm³/mol. The number of urea groups is 1. The molecule has 0 radical (unpaired) electrons. The number of carbonyl (C=O) groups excluding carboxylic acids is 1. The van der Waals surface area contributed by atoms with Crippen molar-refractivity contribution < 1.29 is 32.9 Å². The maximum Gasteiger partial charge on any atom is 0.340 e. The summed E-state index contributed by atoms with van der Waals surface area (Å²) in [6.07, 6.45) is 7.64. The number of primary amides is 1. The second-order valence-corrected chi connectivity index (χ2v) is 10.7. The smallest absolute Gasteiger partial charge is 0.340 e. The summed E-state index contributed by atoms with van der Waals surface area (Å²) in [7, 11) is 4.54. The SMILES string of the molecule is COc1cc(OC)cc(N(N=Cc2ccc(Oc3ccnc4cc(OCCCN5CCCCC5)c(OC)cc34)c(F)c2)C(N)=O)c1. The minimum atomic E-state index is -0.849. The molecule has 1 aliphatic heterocycles. The molecule has 1 fully saturated rings. The highest BCUT2D eigenvalue weighted by atomic mass is 19.1. The van der Waals surface area contributed by atoms with E-state index < -0.39 is 11.8 Å². The largest absolute Gasteiger partial charge is 0.497 e. The van der Waals surface area contributed by atoms with Gasteiger partial charge in [-0.2, -0.15) is 10.1 Å². The Hall–Kier alpha value is -5.10. The molecule has 242 valence electrons. The average molecular weight is 632 g/mol. The van der Waals surface area contributed by atoms with E-state index in [9.17, 15) is 4.79 Å². The van der Waals surface area contributed by atoms with Gasteiger partial charge < -0.3 is 34.3 Å². The molecule has 4 aromatic rings. The lowest BCUT2D eigenvalue weighted by atomic mass is 10.1. The maximum atomic E-state index is 15.3. The molecule has 0 bridgehead atoms. The van der Waals surface area contributed by atoms with E-state index >= 15 is 4.39 Å². The van der Waals surface area contributed by atoms with E-state index in [1.165, 1.54) is 51.8 Å². The van der Waals surface area contributed by atoms with Crippen LogP contribution in [0.2, 0.25) is 0 Å². The predicted octanol–water partition coefficient (Wildman–Crippen LogP) is 6.37. The van der Waals surface area contributed by atoms with Crippen molar-refractivity contribution in [1.29, 1.82) is 0 Å². The quantitative estimate of drug-likeness (QED) is 0.103. The first-order valence-electron chi connectivity index (χ1n) is 15.0. The number of likely N-dealkylation sites (tertiary alicyclic amines) is 1. The summed E-state index contributed by atoms with van der Waals surface area (Å²) in [5.74, 6) is 1.75. The summed E-state index contributed by atoms with van der Waals surface area (Å²) < 4.78 is 43.5. The molecule has 1 aliphatic rings. The lowest BCUT2D eigenvalue weighted by Gasteiger charge is -2.26. The molecule has 0 saturated carbocycles. The Kier molecular flexibility index (Phi) is 10.7. The molecule has 2 heterocycles. The van der Waals surface area contributed by atoms with Crippen LogP contribution in [0.25, 0.3) is 10.9 Å². The Labute approximate surface area is 267 Å². The van der Waals surface area contributed by atoms with Crippen LogP contribution in [-0.4, -0.2) is 69.7 Å². The number of nitrogens with zero attached hydrogens (tertiary/aromatic N) is 4. The maximum absolute atomic E-state index is 15.3. The van der Waals surface area contributed by atoms with Crippen molar-refractivity contribution in [2.45, 2.75) is 25.7 Å². The highest BCUT2D eigenvalue weighted by Gasteiger charge is 2.16. The number of benzene rings is 3. The van der Waals surface area contributed by atoms with E-state index in [0.29, 0.717) is 57.5 Å². The van der Waals surface area contributed by atoms with Crippen molar-refractivity contribution >= 4 is 28.8 Å². The number of aromatic nitrogens is 1. The van der Waals surface area contributed by atoms with Crippen LogP contribution in [0.1, 0.15) is 31.2 Å². The second kappa shape index (κ2) is 15.3. The number of hydrazone groups is 1. The first-order chi connectivity index (χ1) is 22.4. The van der Waals surface area contributed by atoms with E-state index in [2.05, 4.69) is 15.0 Å². The van der Waals surface area contributed by atoms with Crippen LogP contribution in [0.5, 0.6) is 34.5 Å². The fourth-order valence-corrected chi connectivity index (χ4v) is 5.23. The molecule has 0 aliphatic carbocycles. The van der Waals surface area contributed by atoms with Gasteiger partial charge in [0.25, 0.3) is 0 Å². The Bertz CT molecular complexity index is 1670. The number of hydrogen-bond acceptors (Lipinski definition) is 9. The van der Waals surface area contributed by atoms with Gasteiger partial charge in [-0.3, -0.25) is 4.98 Å². The van der Waals surface area contributed by atoms with Gasteiger partial charge in [0, 0.05) is 42.4 Å². The number of hydrogen-bond donors (Lipinski definition) is 1. The molecule has 11 nitrogen and oxygen atoms in total. The Morgan fingerprint density at radius 1 is 0.935 bits per heavy atom. The van der Waals surface area contributed by atoms with E-state index in [0.717, 1.165) is 31.1 Å². The van der Waals surface area contributed by atoms with Crippen LogP contribution in [0.3, 0.4) is 0 Å². The second-order valence-electron chi connectivity index (χ2n) is 10.7. The van der Waals surface area contributed by atoms with Crippen LogP contribution in [0.15, 0.2) is 65.9 Å². The minimum absolute atomic E-state index is 0.00838. The van der Waals surface area contributed by atoms with Crippen molar-refractivity contribution in [2.75, 3.05) is 52.6 Å². The number of piperidine rings is 1. The third-order valence-corrected chi connectivity index (χ3v) is 7.60. The van der Waals surface area contributed by atoms with E-state index in [1.54, 1.807) is 55.8 Å². The minimum Gasteiger partial charge on any atom is -0.497 e. The van der Waals surface area contributed by atoms with Crippen molar-refractivity contribution in [3.8, 4) is 34.5 Å². The highest BCUT2D eigenvalue weighted by Crippen LogP contribution is 2.38. The van der Waals surface area contributed by atoms with Gasteiger partial charge in [0.2, 0.25) is 0 Å². The summed E-state index contributed by atoms with van der Waals surface area (Å²) in [6, 6.07) is 13.5. The zero-order valence-corrected chi connectivity index (χ0v) is 26.2. The lowest BCUT2D eigenvalue weighted by molar-refractivity contribution is 0.203. The molecule has 2 amide bonds. The number of rotatable bonds is 13. The zero-order chi connectivity index (χ0) is 32.5. The number of carbonyl (C=O) groups is 1. The van der Waals surface area contributed by atoms with Crippen LogP contribution in [0, 0.1) is 5.82 Å². The van der Waals surface area contributed by atoms with Gasteiger partial charge in [-0.05, 0) is 68.2 Å². The molecule has 0 atom stereocenters. The number of anilines is 1. The van der Waals surface area contributed by atoms with Gasteiger partial charge in [0.1, 0.15) is 17.2 Å². The molecule has 46 heavy (non-hydrogen) atoms. The Balaban J connectivity index is 1.30. The van der Waals surface area contributed by atoms with Crippen molar-refractivity contribution in [3.05, 3.63) is 72.2 Å². The molecule has 5 rings (SSSR count). The number of methoxy groups -OCH3 is 3. The number of fused-ring (bicyclic) bond motifs is 1. The number of halogens is 1. The van der Waals surface area contributed by atoms with Crippen molar-refractivity contribution in [1.82, 2.24) is 9.88 Å². The summed E-state index contributed by atoms with van der Waals surface area (Å²) >= 11 is 0. The van der Waals surface area contributed by atoms with Crippen LogP contribution < -0.4 is 34.4 Å². The average Bonchev–Trinajstić information content (AvgIpc) is 3.07. The van der Waals surface area contributed by atoms with E-state index in [-0.39, 0.29) is 5.75 Å². The topological polar surface area (TPSA) is 121 Å². The van der Waals surface area contributed by atoms with E-state index in [1.807, 2.05) is 0 Å². The highest BCUT2D eigenvalue weighted by molar-refractivity contribution is 5.93. The van der Waals surface area contributed by atoms with Gasteiger partial charge in [0.15, 0.2) is 23.1 Å². The lowest BCUT2D eigenvalue weighted by Crippen LogP contribution is -2.31. The van der Waals surface area contributed by atoms with Gasteiger partial charge in [-0.25, -0.2) is 9.18 Å². The van der Waals surface area contributed by atoms with Crippen molar-refractivity contribution in [3.63, 3.8) is 0 Å². The standard InChI is InChI=1S/C34H38FN5O6/c1-42-25-17-24(18-26(19-25)43-2)40(34(36)41)38-22-23-8-9-31(28(35)16-23)46-30-10-11-37-29-21-33(32(44-3)20-27(29)30)45-15-7-14-39-12-5-4-6-13-39/h8-11,16-22H,4-7,12-15H2,1-3H3,(H2,36,41). The summed E-state index contributed by atoms with van der Waals surface area (Å²) in [6.45, 7) is 3.86. The van der Waals surface area contributed by atoms with Crippen LogP contribution in [-0.2, 0) is 0 Å². The number of amides is 2. The molecule has 1 saturated heterocycles. The first-order valence-corrected chi connectivity index (χ1v) is 15.0. The Morgan fingerprint density at radius 3 is 2.37 bits per heavy atom. The molecule has 0 spiro atoms. The van der Waals surface area contributed by atoms with E-state index in [4.69, 9.17) is 29.4 Å². The molecule has 12 heteroatoms. The molecule has 1 aromatic heterocycles. The fourth-order valence-electron chi connectivity index (χ4n) is 5.23.